The summed E-state index contributed by atoms with van der Waals surface area (Å²) in [7, 11) is 2.22. The van der Waals surface area contributed by atoms with Gasteiger partial charge < -0.3 is 10.2 Å². The number of benzene rings is 1. The van der Waals surface area contributed by atoms with Crippen LogP contribution in [0.1, 0.15) is 37.2 Å². The SMILES string of the molecule is CN1CCC(NC2CC(c3ccccc3Br)C2)CC1. The van der Waals surface area contributed by atoms with Crippen LogP contribution in [0.5, 0.6) is 0 Å². The van der Waals surface area contributed by atoms with Crippen molar-refractivity contribution in [3.63, 3.8) is 0 Å². The highest BCUT2D eigenvalue weighted by atomic mass is 79.9. The van der Waals surface area contributed by atoms with E-state index < -0.39 is 0 Å². The van der Waals surface area contributed by atoms with E-state index >= 15 is 0 Å². The topological polar surface area (TPSA) is 15.3 Å². The van der Waals surface area contributed by atoms with Crippen LogP contribution in [0.25, 0.3) is 0 Å². The third-order valence-corrected chi connectivity index (χ3v) is 5.40. The number of nitrogens with zero attached hydrogens (tertiary/aromatic N) is 1. The molecule has 2 nitrogen and oxygen atoms in total. The summed E-state index contributed by atoms with van der Waals surface area (Å²) in [5.41, 5.74) is 1.49. The molecule has 3 heteroatoms. The van der Waals surface area contributed by atoms with Crippen LogP contribution >= 0.6 is 15.9 Å². The number of likely N-dealkylation sites (tertiary alicyclic amines) is 1. The van der Waals surface area contributed by atoms with Gasteiger partial charge in [-0.3, -0.25) is 0 Å². The second kappa shape index (κ2) is 5.94. The zero-order chi connectivity index (χ0) is 13.2. The van der Waals surface area contributed by atoms with Crippen molar-refractivity contribution in [2.75, 3.05) is 20.1 Å². The van der Waals surface area contributed by atoms with Gasteiger partial charge in [-0.15, -0.1) is 0 Å². The Balaban J connectivity index is 1.47. The number of nitrogens with one attached hydrogen (secondary N) is 1. The van der Waals surface area contributed by atoms with Gasteiger partial charge in [-0.25, -0.2) is 0 Å². The Morgan fingerprint density at radius 3 is 2.47 bits per heavy atom. The maximum Gasteiger partial charge on any atom is 0.0210 e. The van der Waals surface area contributed by atoms with E-state index in [-0.39, 0.29) is 0 Å². The van der Waals surface area contributed by atoms with Crippen molar-refractivity contribution in [1.29, 1.82) is 0 Å². The van der Waals surface area contributed by atoms with Crippen molar-refractivity contribution in [3.05, 3.63) is 34.3 Å². The van der Waals surface area contributed by atoms with Crippen molar-refractivity contribution in [3.8, 4) is 0 Å². The lowest BCUT2D eigenvalue weighted by atomic mass is 9.75. The summed E-state index contributed by atoms with van der Waals surface area (Å²) < 4.78 is 1.28. The third-order valence-electron chi connectivity index (χ3n) is 4.67. The average Bonchev–Trinajstić information content (AvgIpc) is 2.37. The molecule has 3 rings (SSSR count). The van der Waals surface area contributed by atoms with E-state index in [4.69, 9.17) is 0 Å². The molecular formula is C16H23BrN2. The van der Waals surface area contributed by atoms with Crippen molar-refractivity contribution in [2.24, 2.45) is 0 Å². The largest absolute Gasteiger partial charge is 0.311 e. The van der Waals surface area contributed by atoms with Gasteiger partial charge in [-0.1, -0.05) is 34.1 Å². The van der Waals surface area contributed by atoms with Crippen molar-refractivity contribution < 1.29 is 0 Å². The minimum atomic E-state index is 0.741. The maximum atomic E-state index is 3.85. The highest BCUT2D eigenvalue weighted by molar-refractivity contribution is 9.10. The Morgan fingerprint density at radius 1 is 1.11 bits per heavy atom. The lowest BCUT2D eigenvalue weighted by Gasteiger charge is -2.41. The van der Waals surface area contributed by atoms with Crippen LogP contribution < -0.4 is 5.32 Å². The molecule has 0 radical (unpaired) electrons. The van der Waals surface area contributed by atoms with E-state index in [2.05, 4.69) is 57.5 Å². The molecule has 0 atom stereocenters. The van der Waals surface area contributed by atoms with Crippen molar-refractivity contribution >= 4 is 15.9 Å². The summed E-state index contributed by atoms with van der Waals surface area (Å²) >= 11 is 3.67. The van der Waals surface area contributed by atoms with Crippen LogP contribution in [-0.2, 0) is 0 Å². The fraction of sp³-hybridized carbons (Fsp3) is 0.625. The van der Waals surface area contributed by atoms with Crippen molar-refractivity contribution in [1.82, 2.24) is 10.2 Å². The highest BCUT2D eigenvalue weighted by Gasteiger charge is 2.32. The van der Waals surface area contributed by atoms with Gasteiger partial charge in [-0.05, 0) is 63.4 Å². The quantitative estimate of drug-likeness (QED) is 0.917. The van der Waals surface area contributed by atoms with Gasteiger partial charge in [0.15, 0.2) is 0 Å². The maximum absolute atomic E-state index is 3.85. The molecule has 2 fully saturated rings. The lowest BCUT2D eigenvalue weighted by Crippen LogP contribution is -2.49. The van der Waals surface area contributed by atoms with Gasteiger partial charge >= 0.3 is 0 Å². The molecule has 2 aliphatic rings. The lowest BCUT2D eigenvalue weighted by molar-refractivity contribution is 0.192. The van der Waals surface area contributed by atoms with Gasteiger partial charge in [-0.2, -0.15) is 0 Å². The normalized spacial score (nSPS) is 29.2. The summed E-state index contributed by atoms with van der Waals surface area (Å²) in [4.78, 5) is 2.43. The highest BCUT2D eigenvalue weighted by Crippen LogP contribution is 2.40. The van der Waals surface area contributed by atoms with Crippen LogP contribution in [0.3, 0.4) is 0 Å². The third kappa shape index (κ3) is 3.21. The minimum absolute atomic E-state index is 0.741. The number of halogens is 1. The van der Waals surface area contributed by atoms with Crippen LogP contribution in [0.2, 0.25) is 0 Å². The first kappa shape index (κ1) is 13.6. The van der Waals surface area contributed by atoms with Gasteiger partial charge in [0.2, 0.25) is 0 Å². The Hall–Kier alpha value is -0.380. The molecule has 0 amide bonds. The van der Waals surface area contributed by atoms with Crippen LogP contribution in [0, 0.1) is 0 Å². The second-order valence-corrected chi connectivity index (χ2v) is 6.99. The summed E-state index contributed by atoms with van der Waals surface area (Å²) in [6.45, 7) is 2.50. The van der Waals surface area contributed by atoms with E-state index in [9.17, 15) is 0 Å². The van der Waals surface area contributed by atoms with Crippen LogP contribution in [0.4, 0.5) is 0 Å². The number of rotatable bonds is 3. The predicted molar refractivity (Wildman–Crippen MR) is 83.6 cm³/mol. The fourth-order valence-corrected chi connectivity index (χ4v) is 3.93. The predicted octanol–water partition coefficient (Wildman–Crippen LogP) is 3.38. The number of hydrogen-bond acceptors (Lipinski definition) is 2. The molecule has 1 saturated carbocycles. The Morgan fingerprint density at radius 2 is 1.79 bits per heavy atom. The minimum Gasteiger partial charge on any atom is -0.311 e. The van der Waals surface area contributed by atoms with E-state index in [1.807, 2.05) is 0 Å². The summed E-state index contributed by atoms with van der Waals surface area (Å²) in [5, 5.41) is 3.85. The Bertz CT molecular complexity index is 421. The molecule has 0 aromatic heterocycles. The van der Waals surface area contributed by atoms with Crippen LogP contribution in [0.15, 0.2) is 28.7 Å². The zero-order valence-corrected chi connectivity index (χ0v) is 13.2. The van der Waals surface area contributed by atoms with Crippen molar-refractivity contribution in [2.45, 2.75) is 43.7 Å². The van der Waals surface area contributed by atoms with Gasteiger partial charge in [0.1, 0.15) is 0 Å². The molecule has 0 spiro atoms. The zero-order valence-electron chi connectivity index (χ0n) is 11.6. The molecule has 1 aliphatic carbocycles. The first-order valence-corrected chi connectivity index (χ1v) is 8.20. The number of hydrogen-bond donors (Lipinski definition) is 1. The molecule has 104 valence electrons. The van der Waals surface area contributed by atoms with Gasteiger partial charge in [0, 0.05) is 16.6 Å². The van der Waals surface area contributed by atoms with Gasteiger partial charge in [0.05, 0.1) is 0 Å². The van der Waals surface area contributed by atoms with E-state index in [1.165, 1.54) is 48.8 Å². The van der Waals surface area contributed by atoms with Gasteiger partial charge in [0.25, 0.3) is 0 Å². The Kier molecular flexibility index (Phi) is 4.25. The summed E-state index contributed by atoms with van der Waals surface area (Å²) in [5.74, 6) is 0.749. The molecule has 1 heterocycles. The molecule has 0 unspecified atom stereocenters. The molecule has 1 aromatic carbocycles. The first-order valence-electron chi connectivity index (χ1n) is 7.41. The molecule has 19 heavy (non-hydrogen) atoms. The van der Waals surface area contributed by atoms with E-state index in [1.54, 1.807) is 0 Å². The molecule has 1 aliphatic heterocycles. The smallest absolute Gasteiger partial charge is 0.0210 e. The first-order chi connectivity index (χ1) is 9.22. The van der Waals surface area contributed by atoms with Crippen LogP contribution in [-0.4, -0.2) is 37.1 Å². The summed E-state index contributed by atoms with van der Waals surface area (Å²) in [6, 6.07) is 10.2. The molecule has 1 N–H and O–H groups in total. The molecular weight excluding hydrogens is 300 g/mol. The second-order valence-electron chi connectivity index (χ2n) is 6.13. The van der Waals surface area contributed by atoms with E-state index in [0.29, 0.717) is 0 Å². The Labute approximate surface area is 124 Å². The standard InChI is InChI=1S/C16H23BrN2/c1-19-8-6-13(7-9-19)18-14-10-12(11-14)15-4-2-3-5-16(15)17/h2-5,12-14,18H,6-11H2,1H3. The monoisotopic (exact) mass is 322 g/mol. The molecule has 0 bridgehead atoms. The summed E-state index contributed by atoms with van der Waals surface area (Å²) in [6.07, 6.45) is 5.23. The average molecular weight is 323 g/mol. The molecule has 1 aromatic rings. The molecule has 1 saturated heterocycles. The fourth-order valence-electron chi connectivity index (χ4n) is 3.32. The number of piperidine rings is 1. The van der Waals surface area contributed by atoms with E-state index in [0.717, 1.165) is 18.0 Å².